The lowest BCUT2D eigenvalue weighted by molar-refractivity contribution is -0.120. The molecule has 5 nitrogen and oxygen atoms in total. The van der Waals surface area contributed by atoms with Crippen LogP contribution in [0, 0.1) is 0 Å². The molecule has 2 rings (SSSR count). The summed E-state index contributed by atoms with van der Waals surface area (Å²) < 4.78 is 0. The molecule has 0 bridgehead atoms. The molecule has 6 heteroatoms. The third kappa shape index (κ3) is 2.98. The first kappa shape index (κ1) is 13.3. The fourth-order valence-corrected chi connectivity index (χ4v) is 2.47. The van der Waals surface area contributed by atoms with Crippen LogP contribution in [0.2, 0.25) is 0 Å². The fraction of sp³-hybridized carbons (Fsp3) is 0.583. The Bertz CT molecular complexity index is 499. The highest BCUT2D eigenvalue weighted by molar-refractivity contribution is 9.09. The van der Waals surface area contributed by atoms with Gasteiger partial charge in [-0.3, -0.25) is 9.59 Å². The molecule has 0 fully saturated rings. The number of rotatable bonds is 4. The normalized spacial score (nSPS) is 14.1. The summed E-state index contributed by atoms with van der Waals surface area (Å²) in [5, 5.41) is 10.0. The van der Waals surface area contributed by atoms with Crippen LogP contribution in [-0.4, -0.2) is 28.0 Å². The molecule has 1 aliphatic rings. The van der Waals surface area contributed by atoms with E-state index >= 15 is 0 Å². The molecule has 2 N–H and O–H groups in total. The molecule has 18 heavy (non-hydrogen) atoms. The molecule has 0 atom stereocenters. The van der Waals surface area contributed by atoms with Crippen LogP contribution < -0.4 is 10.9 Å². The number of aromatic nitrogens is 2. The summed E-state index contributed by atoms with van der Waals surface area (Å²) in [5.74, 6) is -0.0539. The smallest absolute Gasteiger partial charge is 0.267 e. The largest absolute Gasteiger partial charge is 0.355 e. The van der Waals surface area contributed by atoms with E-state index < -0.39 is 0 Å². The average Bonchev–Trinajstić information content (AvgIpc) is 2.40. The lowest BCUT2D eigenvalue weighted by Gasteiger charge is -2.17. The van der Waals surface area contributed by atoms with Gasteiger partial charge in [0.2, 0.25) is 5.91 Å². The van der Waals surface area contributed by atoms with Crippen LogP contribution in [0.3, 0.4) is 0 Å². The van der Waals surface area contributed by atoms with Crippen molar-refractivity contribution in [3.05, 3.63) is 27.2 Å². The minimum absolute atomic E-state index is 0.0539. The van der Waals surface area contributed by atoms with Gasteiger partial charge in [-0.05, 0) is 31.2 Å². The van der Waals surface area contributed by atoms with Crippen LogP contribution in [-0.2, 0) is 24.1 Å². The first-order chi connectivity index (χ1) is 8.72. The van der Waals surface area contributed by atoms with Gasteiger partial charge in [0.15, 0.2) is 0 Å². The molecule has 1 heterocycles. The molecule has 0 saturated heterocycles. The van der Waals surface area contributed by atoms with E-state index in [0.29, 0.717) is 6.54 Å². The Balaban J connectivity index is 2.18. The van der Waals surface area contributed by atoms with Gasteiger partial charge < -0.3 is 5.32 Å². The Morgan fingerprint density at radius 3 is 2.78 bits per heavy atom. The van der Waals surface area contributed by atoms with E-state index in [0.717, 1.165) is 47.8 Å². The number of carbonyl (C=O) groups excluding carboxylic acids is 1. The van der Waals surface area contributed by atoms with E-state index in [-0.39, 0.29) is 17.9 Å². The highest BCUT2D eigenvalue weighted by Crippen LogP contribution is 2.20. The maximum absolute atomic E-state index is 11.7. The van der Waals surface area contributed by atoms with E-state index in [2.05, 4.69) is 31.4 Å². The molecule has 0 spiro atoms. The van der Waals surface area contributed by atoms with Crippen molar-refractivity contribution in [3.63, 3.8) is 0 Å². The summed E-state index contributed by atoms with van der Waals surface area (Å²) in [6.07, 6.45) is 3.99. The monoisotopic (exact) mass is 313 g/mol. The van der Waals surface area contributed by atoms with Gasteiger partial charge in [0, 0.05) is 17.4 Å². The summed E-state index contributed by atoms with van der Waals surface area (Å²) in [6.45, 7) is 0.602. The first-order valence-electron chi connectivity index (χ1n) is 6.14. The van der Waals surface area contributed by atoms with E-state index in [4.69, 9.17) is 0 Å². The van der Waals surface area contributed by atoms with Crippen molar-refractivity contribution in [1.29, 1.82) is 0 Å². The molecular formula is C12H16BrN3O2. The Kier molecular flexibility index (Phi) is 4.52. The molecule has 1 aliphatic carbocycles. The van der Waals surface area contributed by atoms with Crippen molar-refractivity contribution in [2.45, 2.75) is 32.1 Å². The van der Waals surface area contributed by atoms with Crippen molar-refractivity contribution < 1.29 is 4.79 Å². The predicted octanol–water partition coefficient (Wildman–Crippen LogP) is 0.702. The van der Waals surface area contributed by atoms with Crippen LogP contribution in [0.15, 0.2) is 4.79 Å². The molecule has 1 aromatic heterocycles. The van der Waals surface area contributed by atoms with Crippen LogP contribution >= 0.6 is 15.9 Å². The molecule has 1 aromatic rings. The highest BCUT2D eigenvalue weighted by Gasteiger charge is 2.19. The summed E-state index contributed by atoms with van der Waals surface area (Å²) in [6, 6.07) is 0. The van der Waals surface area contributed by atoms with Gasteiger partial charge in [-0.2, -0.15) is 5.10 Å². The minimum Gasteiger partial charge on any atom is -0.355 e. The highest BCUT2D eigenvalue weighted by atomic mass is 79.9. The summed E-state index contributed by atoms with van der Waals surface area (Å²) in [7, 11) is 0. The molecule has 0 saturated carbocycles. The number of hydrogen-bond acceptors (Lipinski definition) is 3. The number of hydrogen-bond donors (Lipinski definition) is 2. The van der Waals surface area contributed by atoms with Crippen LogP contribution in [0.4, 0.5) is 0 Å². The summed E-state index contributed by atoms with van der Waals surface area (Å²) in [4.78, 5) is 23.3. The number of nitrogens with one attached hydrogen (secondary N) is 2. The Labute approximate surface area is 113 Å². The molecule has 0 unspecified atom stereocenters. The quantitative estimate of drug-likeness (QED) is 0.804. The second-order valence-electron chi connectivity index (χ2n) is 4.38. The van der Waals surface area contributed by atoms with E-state index in [1.807, 2.05) is 0 Å². The summed E-state index contributed by atoms with van der Waals surface area (Å²) >= 11 is 3.26. The second kappa shape index (κ2) is 6.13. The number of fused-ring (bicyclic) bond motifs is 1. The third-order valence-electron chi connectivity index (χ3n) is 3.13. The van der Waals surface area contributed by atoms with Gasteiger partial charge in [-0.15, -0.1) is 0 Å². The van der Waals surface area contributed by atoms with Gasteiger partial charge >= 0.3 is 0 Å². The van der Waals surface area contributed by atoms with Crippen LogP contribution in [0.25, 0.3) is 0 Å². The van der Waals surface area contributed by atoms with Gasteiger partial charge in [0.25, 0.3) is 5.56 Å². The Morgan fingerprint density at radius 2 is 2.06 bits per heavy atom. The van der Waals surface area contributed by atoms with Crippen molar-refractivity contribution in [2.75, 3.05) is 11.9 Å². The number of carbonyl (C=O) groups is 1. The van der Waals surface area contributed by atoms with E-state index in [9.17, 15) is 9.59 Å². The lowest BCUT2D eigenvalue weighted by atomic mass is 9.91. The third-order valence-corrected chi connectivity index (χ3v) is 3.52. The Hall–Kier alpha value is -1.17. The standard InChI is InChI=1S/C12H16BrN3O2/c13-5-6-14-11(17)7-10-8-3-1-2-4-9(8)12(18)16-15-10/h1-7H2,(H,14,17)(H,16,18). The minimum atomic E-state index is -0.102. The van der Waals surface area contributed by atoms with Crippen molar-refractivity contribution in [1.82, 2.24) is 15.5 Å². The first-order valence-corrected chi connectivity index (χ1v) is 7.26. The number of aromatic amines is 1. The fourth-order valence-electron chi connectivity index (χ4n) is 2.28. The maximum Gasteiger partial charge on any atom is 0.267 e. The zero-order chi connectivity index (χ0) is 13.0. The topological polar surface area (TPSA) is 74.8 Å². The Morgan fingerprint density at radius 1 is 1.33 bits per heavy atom. The average molecular weight is 314 g/mol. The predicted molar refractivity (Wildman–Crippen MR) is 72.0 cm³/mol. The zero-order valence-corrected chi connectivity index (χ0v) is 11.7. The molecule has 0 aliphatic heterocycles. The van der Waals surface area contributed by atoms with Gasteiger partial charge in [0.05, 0.1) is 12.1 Å². The van der Waals surface area contributed by atoms with Crippen LogP contribution in [0.5, 0.6) is 0 Å². The number of nitrogens with zero attached hydrogens (tertiary/aromatic N) is 1. The molecule has 0 radical (unpaired) electrons. The maximum atomic E-state index is 11.7. The second-order valence-corrected chi connectivity index (χ2v) is 5.17. The van der Waals surface area contributed by atoms with Crippen molar-refractivity contribution in [3.8, 4) is 0 Å². The van der Waals surface area contributed by atoms with Crippen molar-refractivity contribution in [2.24, 2.45) is 0 Å². The SMILES string of the molecule is O=C(Cc1n[nH]c(=O)c2c1CCCC2)NCCBr. The van der Waals surface area contributed by atoms with Crippen molar-refractivity contribution >= 4 is 21.8 Å². The van der Waals surface area contributed by atoms with E-state index in [1.54, 1.807) is 0 Å². The van der Waals surface area contributed by atoms with Gasteiger partial charge in [-0.25, -0.2) is 5.10 Å². The zero-order valence-electron chi connectivity index (χ0n) is 10.1. The molecule has 1 amide bonds. The number of alkyl halides is 1. The van der Waals surface area contributed by atoms with E-state index in [1.165, 1.54) is 0 Å². The molecule has 98 valence electrons. The number of amides is 1. The molecular weight excluding hydrogens is 298 g/mol. The number of halogens is 1. The molecule has 0 aromatic carbocycles. The lowest BCUT2D eigenvalue weighted by Crippen LogP contribution is -2.30. The van der Waals surface area contributed by atoms with Gasteiger partial charge in [0.1, 0.15) is 0 Å². The number of H-pyrrole nitrogens is 1. The van der Waals surface area contributed by atoms with Gasteiger partial charge in [-0.1, -0.05) is 15.9 Å². The van der Waals surface area contributed by atoms with Crippen LogP contribution in [0.1, 0.15) is 29.7 Å². The summed E-state index contributed by atoms with van der Waals surface area (Å²) in [5.41, 5.74) is 2.42.